The lowest BCUT2D eigenvalue weighted by molar-refractivity contribution is -0.137. The Kier molecular flexibility index (Phi) is 10.5. The molecule has 1 unspecified atom stereocenters. The van der Waals surface area contributed by atoms with E-state index in [1.807, 2.05) is 0 Å². The highest BCUT2D eigenvalue weighted by Gasteiger charge is 2.30. The standard InChI is InChI=1S/C24H25F5N8O3S/c25-15(1-4-20-35-36-23(41-20)22(40)33-9-13-7-17(38)2-3-18(13)26)11-37(31)12-19(30)21(39)34-10-16-8-14(5-6-32-16)24(27,28)29/h2-3,5-8,12,15,38H,1,4,9-11,30-31H2,(H,33,40)(H,34,39)/b19-12-. The zero-order valence-corrected chi connectivity index (χ0v) is 22.0. The molecular weight excluding hydrogens is 575 g/mol. The fraction of sp³-hybridized carbons (Fsp3) is 0.292. The number of amides is 2. The van der Waals surface area contributed by atoms with E-state index >= 15 is 0 Å². The molecule has 3 rings (SSSR count). The van der Waals surface area contributed by atoms with Crippen LogP contribution in [-0.2, 0) is 30.5 Å². The van der Waals surface area contributed by atoms with Crippen molar-refractivity contribution in [1.82, 2.24) is 30.8 Å². The van der Waals surface area contributed by atoms with E-state index in [0.29, 0.717) is 5.01 Å². The first kappa shape index (κ1) is 31.2. The third kappa shape index (κ3) is 9.64. The maximum absolute atomic E-state index is 14.5. The van der Waals surface area contributed by atoms with Gasteiger partial charge in [0.2, 0.25) is 5.01 Å². The van der Waals surface area contributed by atoms with Crippen LogP contribution in [0.15, 0.2) is 48.4 Å². The largest absolute Gasteiger partial charge is 0.508 e. The second-order valence-electron chi connectivity index (χ2n) is 8.59. The first-order valence-electron chi connectivity index (χ1n) is 11.8. The fourth-order valence-electron chi connectivity index (χ4n) is 3.31. The summed E-state index contributed by atoms with van der Waals surface area (Å²) in [4.78, 5) is 28.2. The van der Waals surface area contributed by atoms with Crippen molar-refractivity contribution < 1.29 is 36.6 Å². The van der Waals surface area contributed by atoms with Crippen LogP contribution in [0, 0.1) is 5.82 Å². The van der Waals surface area contributed by atoms with Crippen molar-refractivity contribution in [2.75, 3.05) is 6.54 Å². The number of carbonyl (C=O) groups is 2. The van der Waals surface area contributed by atoms with Gasteiger partial charge in [0, 0.05) is 30.9 Å². The molecule has 0 saturated carbocycles. The zero-order chi connectivity index (χ0) is 30.2. The van der Waals surface area contributed by atoms with E-state index < -0.39 is 41.2 Å². The van der Waals surface area contributed by atoms with Gasteiger partial charge in [-0.25, -0.2) is 14.6 Å². The molecule has 7 N–H and O–H groups in total. The van der Waals surface area contributed by atoms with Crippen molar-refractivity contribution in [3.63, 3.8) is 0 Å². The molecule has 2 aromatic heterocycles. The molecule has 17 heteroatoms. The lowest BCUT2D eigenvalue weighted by atomic mass is 10.2. The molecule has 1 aromatic carbocycles. The Bertz CT molecular complexity index is 1400. The minimum Gasteiger partial charge on any atom is -0.508 e. The molecule has 0 saturated heterocycles. The van der Waals surface area contributed by atoms with E-state index in [-0.39, 0.29) is 54.5 Å². The highest BCUT2D eigenvalue weighted by atomic mass is 32.1. The smallest absolute Gasteiger partial charge is 0.416 e. The number of carbonyl (C=O) groups excluding carboxylic acids is 2. The number of rotatable bonds is 12. The highest BCUT2D eigenvalue weighted by molar-refractivity contribution is 7.13. The number of aromatic nitrogens is 3. The maximum atomic E-state index is 14.5. The Balaban J connectivity index is 1.42. The van der Waals surface area contributed by atoms with Crippen LogP contribution in [0.1, 0.15) is 38.1 Å². The van der Waals surface area contributed by atoms with Crippen molar-refractivity contribution in [1.29, 1.82) is 0 Å². The van der Waals surface area contributed by atoms with Crippen LogP contribution in [0.25, 0.3) is 0 Å². The Hall–Kier alpha value is -4.38. The lowest BCUT2D eigenvalue weighted by Gasteiger charge is -2.17. The minimum atomic E-state index is -4.56. The van der Waals surface area contributed by atoms with E-state index in [0.717, 1.165) is 46.9 Å². The van der Waals surface area contributed by atoms with Gasteiger partial charge in [-0.05, 0) is 36.8 Å². The van der Waals surface area contributed by atoms with E-state index in [4.69, 9.17) is 11.6 Å². The number of benzene rings is 1. The van der Waals surface area contributed by atoms with Gasteiger partial charge in [-0.2, -0.15) is 13.2 Å². The summed E-state index contributed by atoms with van der Waals surface area (Å²) in [5.74, 6) is 3.48. The zero-order valence-electron chi connectivity index (χ0n) is 21.2. The number of phenols is 1. The molecule has 41 heavy (non-hydrogen) atoms. The number of aryl methyl sites for hydroxylation is 1. The molecule has 0 spiro atoms. The predicted molar refractivity (Wildman–Crippen MR) is 137 cm³/mol. The van der Waals surface area contributed by atoms with E-state index in [2.05, 4.69) is 25.8 Å². The van der Waals surface area contributed by atoms with Crippen LogP contribution in [0.3, 0.4) is 0 Å². The van der Waals surface area contributed by atoms with Crippen LogP contribution < -0.4 is 22.2 Å². The fourth-order valence-corrected chi connectivity index (χ4v) is 4.08. The minimum absolute atomic E-state index is 0.0153. The number of nitrogens with two attached hydrogens (primary N) is 2. The van der Waals surface area contributed by atoms with Gasteiger partial charge in [-0.15, -0.1) is 10.2 Å². The number of aromatic hydroxyl groups is 1. The quantitative estimate of drug-likeness (QED) is 0.0905. The van der Waals surface area contributed by atoms with Gasteiger partial charge in [-0.3, -0.25) is 14.6 Å². The monoisotopic (exact) mass is 600 g/mol. The Labute approximate surface area is 234 Å². The average Bonchev–Trinajstić information content (AvgIpc) is 3.39. The van der Waals surface area contributed by atoms with Gasteiger partial charge in [0.25, 0.3) is 11.8 Å². The Morgan fingerprint density at radius 3 is 2.63 bits per heavy atom. The molecule has 0 aliphatic carbocycles. The number of nitrogens with zero attached hydrogens (tertiary/aromatic N) is 4. The van der Waals surface area contributed by atoms with Crippen molar-refractivity contribution >= 4 is 23.2 Å². The summed E-state index contributed by atoms with van der Waals surface area (Å²) >= 11 is 0.923. The number of pyridine rings is 1. The number of phenolic OH excluding ortho intramolecular Hbond substituents is 1. The third-order valence-electron chi connectivity index (χ3n) is 5.35. The summed E-state index contributed by atoms with van der Waals surface area (Å²) in [6.07, 6.45) is -4.05. The molecule has 220 valence electrons. The van der Waals surface area contributed by atoms with Crippen LogP contribution >= 0.6 is 11.3 Å². The molecule has 1 atom stereocenters. The van der Waals surface area contributed by atoms with Crippen LogP contribution in [-0.4, -0.2) is 49.8 Å². The van der Waals surface area contributed by atoms with E-state index in [1.165, 1.54) is 12.1 Å². The maximum Gasteiger partial charge on any atom is 0.416 e. The molecule has 2 amide bonds. The number of halogens is 5. The molecule has 0 radical (unpaired) electrons. The summed E-state index contributed by atoms with van der Waals surface area (Å²) in [6.45, 7) is -0.878. The van der Waals surface area contributed by atoms with Gasteiger partial charge in [0.15, 0.2) is 0 Å². The molecule has 3 aromatic rings. The number of alkyl halides is 4. The average molecular weight is 601 g/mol. The second kappa shape index (κ2) is 13.8. The van der Waals surface area contributed by atoms with Gasteiger partial charge >= 0.3 is 6.18 Å². The topological polar surface area (TPSA) is 172 Å². The van der Waals surface area contributed by atoms with Crippen molar-refractivity contribution in [2.24, 2.45) is 11.6 Å². The van der Waals surface area contributed by atoms with Crippen LogP contribution in [0.4, 0.5) is 22.0 Å². The molecule has 0 aliphatic rings. The van der Waals surface area contributed by atoms with E-state index in [9.17, 15) is 36.6 Å². The normalized spacial score (nSPS) is 12.6. The number of nitrogens with one attached hydrogen (secondary N) is 2. The Morgan fingerprint density at radius 1 is 1.15 bits per heavy atom. The van der Waals surface area contributed by atoms with Crippen molar-refractivity contribution in [3.05, 3.63) is 81.1 Å². The van der Waals surface area contributed by atoms with E-state index in [1.54, 1.807) is 0 Å². The highest BCUT2D eigenvalue weighted by Crippen LogP contribution is 2.29. The van der Waals surface area contributed by atoms with Crippen molar-refractivity contribution in [2.45, 2.75) is 38.3 Å². The number of hydrazine groups is 1. The summed E-state index contributed by atoms with van der Waals surface area (Å²) in [5, 5.41) is 23.0. The SMILES string of the molecule is N/C(=C\N(N)CC(F)CCc1nnc(C(=O)NCc2cc(O)ccc2F)s1)C(=O)NCc1cc(C(F)(F)F)ccn1. The molecule has 0 fully saturated rings. The van der Waals surface area contributed by atoms with Gasteiger partial charge < -0.3 is 26.5 Å². The second-order valence-corrected chi connectivity index (χ2v) is 9.65. The predicted octanol–water partition coefficient (Wildman–Crippen LogP) is 2.29. The molecule has 0 bridgehead atoms. The lowest BCUT2D eigenvalue weighted by Crippen LogP contribution is -2.36. The molecule has 0 aliphatic heterocycles. The van der Waals surface area contributed by atoms with Gasteiger partial charge in [0.1, 0.15) is 28.4 Å². The number of hydrogen-bond donors (Lipinski definition) is 5. The molecule has 11 nitrogen and oxygen atoms in total. The van der Waals surface area contributed by atoms with Gasteiger partial charge in [-0.1, -0.05) is 11.3 Å². The molecule has 2 heterocycles. The van der Waals surface area contributed by atoms with Crippen LogP contribution in [0.2, 0.25) is 0 Å². The molecular formula is C24H25F5N8O3S. The first-order valence-corrected chi connectivity index (χ1v) is 12.6. The van der Waals surface area contributed by atoms with Gasteiger partial charge in [0.05, 0.1) is 24.3 Å². The number of hydrogen-bond acceptors (Lipinski definition) is 10. The first-order chi connectivity index (χ1) is 19.3. The summed E-state index contributed by atoms with van der Waals surface area (Å²) in [5.41, 5.74) is 4.36. The third-order valence-corrected chi connectivity index (χ3v) is 6.33. The summed E-state index contributed by atoms with van der Waals surface area (Å²) in [7, 11) is 0. The Morgan fingerprint density at radius 2 is 1.90 bits per heavy atom. The summed E-state index contributed by atoms with van der Waals surface area (Å²) < 4.78 is 66.6. The van der Waals surface area contributed by atoms with Crippen molar-refractivity contribution in [3.8, 4) is 5.75 Å². The summed E-state index contributed by atoms with van der Waals surface area (Å²) in [6, 6.07) is 5.00. The van der Waals surface area contributed by atoms with Crippen LogP contribution in [0.5, 0.6) is 5.75 Å².